The van der Waals surface area contributed by atoms with E-state index in [1.165, 1.54) is 12.1 Å². The van der Waals surface area contributed by atoms with Gasteiger partial charge in [0.2, 0.25) is 0 Å². The molecule has 0 fully saturated rings. The van der Waals surface area contributed by atoms with Gasteiger partial charge >= 0.3 is 0 Å². The van der Waals surface area contributed by atoms with Gasteiger partial charge in [-0.3, -0.25) is 4.79 Å². The lowest BCUT2D eigenvalue weighted by molar-refractivity contribution is 0.0947. The van der Waals surface area contributed by atoms with Crippen molar-refractivity contribution >= 4 is 17.2 Å². The maximum Gasteiger partial charge on any atom is 0.268 e. The van der Waals surface area contributed by atoms with Crippen LogP contribution < -0.4 is 5.32 Å². The van der Waals surface area contributed by atoms with Crippen molar-refractivity contribution in [3.8, 4) is 11.1 Å². The van der Waals surface area contributed by atoms with E-state index in [1.54, 1.807) is 35.7 Å². The van der Waals surface area contributed by atoms with Crippen LogP contribution in [0.2, 0.25) is 0 Å². The Labute approximate surface area is 137 Å². The number of nitrogens with one attached hydrogen (secondary N) is 2. The smallest absolute Gasteiger partial charge is 0.268 e. The van der Waals surface area contributed by atoms with Crippen LogP contribution in [0.25, 0.3) is 11.1 Å². The van der Waals surface area contributed by atoms with Crippen molar-refractivity contribution in [1.82, 2.24) is 15.3 Å². The fourth-order valence-electron chi connectivity index (χ4n) is 2.33. The SMILES string of the molecule is Cc1nc(C)c(CNC(=O)c2cc(-c3ccc(F)cc3)c[nH]2)s1. The summed E-state index contributed by atoms with van der Waals surface area (Å²) in [6.07, 6.45) is 1.74. The number of hydrogen-bond donors (Lipinski definition) is 2. The van der Waals surface area contributed by atoms with Crippen molar-refractivity contribution in [2.45, 2.75) is 20.4 Å². The molecule has 2 aromatic heterocycles. The number of amides is 1. The number of benzene rings is 1. The second-order valence-electron chi connectivity index (χ2n) is 5.23. The summed E-state index contributed by atoms with van der Waals surface area (Å²) in [6.45, 7) is 4.34. The number of hydrogen-bond acceptors (Lipinski definition) is 3. The average molecular weight is 329 g/mol. The molecule has 0 aliphatic heterocycles. The highest BCUT2D eigenvalue weighted by Crippen LogP contribution is 2.21. The first kappa shape index (κ1) is 15.4. The molecule has 0 saturated heterocycles. The zero-order valence-corrected chi connectivity index (χ0v) is 13.6. The highest BCUT2D eigenvalue weighted by molar-refractivity contribution is 7.11. The first-order valence-electron chi connectivity index (χ1n) is 7.18. The maximum absolute atomic E-state index is 13.0. The summed E-state index contributed by atoms with van der Waals surface area (Å²) >= 11 is 1.58. The van der Waals surface area contributed by atoms with E-state index in [1.807, 2.05) is 13.8 Å². The molecule has 0 aliphatic rings. The molecule has 23 heavy (non-hydrogen) atoms. The van der Waals surface area contributed by atoms with Gasteiger partial charge in [0.05, 0.1) is 17.2 Å². The molecule has 6 heteroatoms. The second kappa shape index (κ2) is 6.34. The Morgan fingerprint density at radius 3 is 2.65 bits per heavy atom. The number of aromatic nitrogens is 2. The van der Waals surface area contributed by atoms with Crippen LogP contribution in [-0.4, -0.2) is 15.9 Å². The fraction of sp³-hybridized carbons (Fsp3) is 0.176. The minimum Gasteiger partial charge on any atom is -0.357 e. The molecule has 3 rings (SSSR count). The van der Waals surface area contributed by atoms with Gasteiger partial charge in [0.15, 0.2) is 0 Å². The lowest BCUT2D eigenvalue weighted by atomic mass is 10.1. The number of carbonyl (C=O) groups excluding carboxylic acids is 1. The summed E-state index contributed by atoms with van der Waals surface area (Å²) in [5.41, 5.74) is 3.13. The molecule has 1 amide bonds. The predicted octanol–water partition coefficient (Wildman–Crippen LogP) is 3.82. The molecular formula is C17H16FN3OS. The van der Waals surface area contributed by atoms with Crippen molar-refractivity contribution < 1.29 is 9.18 Å². The highest BCUT2D eigenvalue weighted by atomic mass is 32.1. The predicted molar refractivity (Wildman–Crippen MR) is 88.9 cm³/mol. The molecule has 0 radical (unpaired) electrons. The van der Waals surface area contributed by atoms with E-state index in [0.29, 0.717) is 12.2 Å². The number of nitrogens with zero attached hydrogens (tertiary/aromatic N) is 1. The highest BCUT2D eigenvalue weighted by Gasteiger charge is 2.11. The lowest BCUT2D eigenvalue weighted by Crippen LogP contribution is -2.22. The molecule has 2 N–H and O–H groups in total. The monoisotopic (exact) mass is 329 g/mol. The Morgan fingerprint density at radius 2 is 2.00 bits per heavy atom. The average Bonchev–Trinajstić information content (AvgIpc) is 3.12. The summed E-state index contributed by atoms with van der Waals surface area (Å²) in [5.74, 6) is -0.457. The van der Waals surface area contributed by atoms with Crippen molar-refractivity contribution in [3.63, 3.8) is 0 Å². The summed E-state index contributed by atoms with van der Waals surface area (Å²) in [6, 6.07) is 7.93. The molecule has 0 saturated carbocycles. The van der Waals surface area contributed by atoms with Crippen LogP contribution in [0.4, 0.5) is 4.39 Å². The number of H-pyrrole nitrogens is 1. The van der Waals surface area contributed by atoms with E-state index < -0.39 is 0 Å². The van der Waals surface area contributed by atoms with Gasteiger partial charge < -0.3 is 10.3 Å². The summed E-state index contributed by atoms with van der Waals surface area (Å²) in [4.78, 5) is 20.6. The molecule has 0 spiro atoms. The molecule has 0 unspecified atom stereocenters. The van der Waals surface area contributed by atoms with Crippen LogP contribution in [0.3, 0.4) is 0 Å². The van der Waals surface area contributed by atoms with Gasteiger partial charge in [0, 0.05) is 11.1 Å². The molecular weight excluding hydrogens is 313 g/mol. The molecule has 0 aliphatic carbocycles. The van der Waals surface area contributed by atoms with Gasteiger partial charge in [-0.05, 0) is 43.2 Å². The van der Waals surface area contributed by atoms with Crippen LogP contribution in [-0.2, 0) is 6.54 Å². The molecule has 118 valence electrons. The van der Waals surface area contributed by atoms with E-state index >= 15 is 0 Å². The van der Waals surface area contributed by atoms with Crippen LogP contribution in [0.15, 0.2) is 36.5 Å². The normalized spacial score (nSPS) is 10.7. The van der Waals surface area contributed by atoms with Crippen molar-refractivity contribution in [3.05, 3.63) is 63.6 Å². The standard InChI is InChI=1S/C17H16FN3OS/c1-10-16(23-11(2)21-10)9-20-17(22)15-7-13(8-19-15)12-3-5-14(18)6-4-12/h3-8,19H,9H2,1-2H3,(H,20,22). The maximum atomic E-state index is 13.0. The largest absolute Gasteiger partial charge is 0.357 e. The van der Waals surface area contributed by atoms with Gasteiger partial charge in [-0.1, -0.05) is 12.1 Å². The zero-order chi connectivity index (χ0) is 16.4. The van der Waals surface area contributed by atoms with E-state index in [0.717, 1.165) is 26.7 Å². The Bertz CT molecular complexity index is 836. The first-order valence-corrected chi connectivity index (χ1v) is 8.00. The number of carbonyl (C=O) groups is 1. The van der Waals surface area contributed by atoms with Crippen LogP contribution in [0.1, 0.15) is 26.1 Å². The molecule has 3 aromatic rings. The van der Waals surface area contributed by atoms with Gasteiger partial charge in [-0.2, -0.15) is 0 Å². The molecule has 1 aromatic carbocycles. The van der Waals surface area contributed by atoms with Gasteiger partial charge in [0.1, 0.15) is 11.5 Å². The number of thiazole rings is 1. The van der Waals surface area contributed by atoms with E-state index in [-0.39, 0.29) is 11.7 Å². The third-order valence-corrected chi connectivity index (χ3v) is 4.59. The summed E-state index contributed by atoms with van der Waals surface area (Å²) in [7, 11) is 0. The van der Waals surface area contributed by atoms with Crippen molar-refractivity contribution in [2.24, 2.45) is 0 Å². The topological polar surface area (TPSA) is 57.8 Å². The van der Waals surface area contributed by atoms with Gasteiger partial charge in [-0.25, -0.2) is 9.37 Å². The van der Waals surface area contributed by atoms with E-state index in [4.69, 9.17) is 0 Å². The Hall–Kier alpha value is -2.47. The number of aromatic amines is 1. The quantitative estimate of drug-likeness (QED) is 0.764. The third kappa shape index (κ3) is 3.48. The minimum atomic E-state index is -0.280. The lowest BCUT2D eigenvalue weighted by Gasteiger charge is -2.02. The fourth-order valence-corrected chi connectivity index (χ4v) is 3.20. The van der Waals surface area contributed by atoms with Crippen LogP contribution >= 0.6 is 11.3 Å². The van der Waals surface area contributed by atoms with Crippen LogP contribution in [0.5, 0.6) is 0 Å². The van der Waals surface area contributed by atoms with Crippen molar-refractivity contribution in [1.29, 1.82) is 0 Å². The van der Waals surface area contributed by atoms with E-state index in [9.17, 15) is 9.18 Å². The van der Waals surface area contributed by atoms with Crippen molar-refractivity contribution in [2.75, 3.05) is 0 Å². The Balaban J connectivity index is 1.69. The number of aryl methyl sites for hydroxylation is 2. The Morgan fingerprint density at radius 1 is 1.26 bits per heavy atom. The summed E-state index contributed by atoms with van der Waals surface area (Å²) < 4.78 is 13.0. The van der Waals surface area contributed by atoms with Gasteiger partial charge in [0.25, 0.3) is 5.91 Å². The summed E-state index contributed by atoms with van der Waals surface area (Å²) in [5, 5.41) is 3.87. The minimum absolute atomic E-state index is 0.177. The van der Waals surface area contributed by atoms with Gasteiger partial charge in [-0.15, -0.1) is 11.3 Å². The van der Waals surface area contributed by atoms with Crippen LogP contribution in [0, 0.1) is 19.7 Å². The molecule has 0 bridgehead atoms. The number of halogens is 1. The number of rotatable bonds is 4. The third-order valence-electron chi connectivity index (χ3n) is 3.51. The Kier molecular flexibility index (Phi) is 4.25. The molecule has 4 nitrogen and oxygen atoms in total. The zero-order valence-electron chi connectivity index (χ0n) is 12.8. The molecule has 0 atom stereocenters. The second-order valence-corrected chi connectivity index (χ2v) is 6.52. The molecule has 2 heterocycles. The first-order chi connectivity index (χ1) is 11.0. The van der Waals surface area contributed by atoms with E-state index in [2.05, 4.69) is 15.3 Å².